The van der Waals surface area contributed by atoms with Crippen molar-refractivity contribution in [2.45, 2.75) is 31.2 Å². The van der Waals surface area contributed by atoms with Crippen LogP contribution in [-0.2, 0) is 12.8 Å². The molecule has 1 aromatic carbocycles. The number of thiophene rings is 1. The van der Waals surface area contributed by atoms with E-state index in [-0.39, 0.29) is 0 Å². The smallest absolute Gasteiger partial charge is 0.0285 e. The Morgan fingerprint density at radius 2 is 2.17 bits per heavy atom. The molecule has 1 aliphatic rings. The fraction of sp³-hybridized carbons (Fsp3) is 0.333. The van der Waals surface area contributed by atoms with Crippen LogP contribution in [0.25, 0.3) is 0 Å². The van der Waals surface area contributed by atoms with Crippen molar-refractivity contribution in [1.29, 1.82) is 0 Å². The van der Waals surface area contributed by atoms with Crippen molar-refractivity contribution in [1.82, 2.24) is 5.43 Å². The topological polar surface area (TPSA) is 38.0 Å². The average molecular weight is 258 g/mol. The summed E-state index contributed by atoms with van der Waals surface area (Å²) in [5.74, 6) is 6.32. The molecule has 94 valence electrons. The van der Waals surface area contributed by atoms with E-state index < -0.39 is 0 Å². The number of nitrogens with two attached hydrogens (primary N) is 1. The number of benzene rings is 1. The van der Waals surface area contributed by atoms with Crippen LogP contribution in [0, 0.1) is 0 Å². The Kier molecular flexibility index (Phi) is 3.46. The van der Waals surface area contributed by atoms with E-state index >= 15 is 0 Å². The van der Waals surface area contributed by atoms with Crippen LogP contribution < -0.4 is 11.3 Å². The molecule has 0 bridgehead atoms. The number of rotatable bonds is 5. The number of nitrogens with one attached hydrogen (secondary N) is 1. The van der Waals surface area contributed by atoms with E-state index in [2.05, 4.69) is 47.2 Å². The summed E-state index contributed by atoms with van der Waals surface area (Å²) < 4.78 is 0. The van der Waals surface area contributed by atoms with Crippen LogP contribution in [-0.4, -0.2) is 6.04 Å². The third-order valence-corrected chi connectivity index (χ3v) is 4.81. The molecule has 2 atom stereocenters. The molecule has 2 nitrogen and oxygen atoms in total. The van der Waals surface area contributed by atoms with Gasteiger partial charge in [0.2, 0.25) is 0 Å². The van der Waals surface area contributed by atoms with Crippen molar-refractivity contribution >= 4 is 11.3 Å². The van der Waals surface area contributed by atoms with Crippen LogP contribution in [0.2, 0.25) is 0 Å². The van der Waals surface area contributed by atoms with Crippen molar-refractivity contribution in [3.63, 3.8) is 0 Å². The van der Waals surface area contributed by atoms with Crippen LogP contribution in [0.4, 0.5) is 0 Å². The molecule has 3 heteroatoms. The molecule has 3 rings (SSSR count). The fourth-order valence-electron chi connectivity index (χ4n) is 2.81. The minimum absolute atomic E-state index is 0.391. The molecule has 0 saturated carbocycles. The van der Waals surface area contributed by atoms with Crippen molar-refractivity contribution in [2.75, 3.05) is 0 Å². The second-order valence-electron chi connectivity index (χ2n) is 4.90. The van der Waals surface area contributed by atoms with Crippen molar-refractivity contribution in [3.05, 3.63) is 57.8 Å². The van der Waals surface area contributed by atoms with Gasteiger partial charge in [0, 0.05) is 16.8 Å². The minimum atomic E-state index is 0.391. The zero-order valence-corrected chi connectivity index (χ0v) is 11.1. The maximum Gasteiger partial charge on any atom is 0.0285 e. The largest absolute Gasteiger partial charge is 0.271 e. The maximum atomic E-state index is 5.73. The van der Waals surface area contributed by atoms with Crippen LogP contribution in [0.5, 0.6) is 0 Å². The first-order valence-corrected chi connectivity index (χ1v) is 7.33. The molecule has 0 aliphatic heterocycles. The summed E-state index contributed by atoms with van der Waals surface area (Å²) in [6, 6.07) is 13.4. The number of fused-ring (bicyclic) bond motifs is 1. The second kappa shape index (κ2) is 5.22. The highest BCUT2D eigenvalue weighted by atomic mass is 32.1. The van der Waals surface area contributed by atoms with Gasteiger partial charge >= 0.3 is 0 Å². The molecule has 0 saturated heterocycles. The van der Waals surface area contributed by atoms with Crippen molar-refractivity contribution < 1.29 is 0 Å². The first-order chi connectivity index (χ1) is 8.88. The lowest BCUT2D eigenvalue weighted by molar-refractivity contribution is 0.386. The molecule has 2 aromatic rings. The molecule has 0 radical (unpaired) electrons. The van der Waals surface area contributed by atoms with Gasteiger partial charge in [-0.05, 0) is 41.8 Å². The third-order valence-electron chi connectivity index (χ3n) is 3.88. The molecule has 18 heavy (non-hydrogen) atoms. The van der Waals surface area contributed by atoms with Crippen LogP contribution in [0.1, 0.15) is 28.3 Å². The van der Waals surface area contributed by atoms with Gasteiger partial charge in [0.05, 0.1) is 0 Å². The Hall–Kier alpha value is -1.16. The monoisotopic (exact) mass is 258 g/mol. The Morgan fingerprint density at radius 3 is 2.89 bits per heavy atom. The normalized spacial score (nSPS) is 19.1. The lowest BCUT2D eigenvalue weighted by Crippen LogP contribution is -2.44. The van der Waals surface area contributed by atoms with Crippen LogP contribution in [0.3, 0.4) is 0 Å². The van der Waals surface area contributed by atoms with E-state index in [0.29, 0.717) is 12.0 Å². The Labute approximate surface area is 112 Å². The number of aryl methyl sites for hydroxylation is 1. The van der Waals surface area contributed by atoms with Gasteiger partial charge in [0.1, 0.15) is 0 Å². The minimum Gasteiger partial charge on any atom is -0.271 e. The summed E-state index contributed by atoms with van der Waals surface area (Å²) >= 11 is 1.83. The summed E-state index contributed by atoms with van der Waals surface area (Å²) in [5, 5.41) is 2.14. The molecule has 1 aliphatic carbocycles. The molecule has 1 heterocycles. The van der Waals surface area contributed by atoms with Gasteiger partial charge in [0.25, 0.3) is 0 Å². The molecule has 0 fully saturated rings. The molecule has 3 N–H and O–H groups in total. The van der Waals surface area contributed by atoms with Gasteiger partial charge in [-0.15, -0.1) is 11.3 Å². The van der Waals surface area contributed by atoms with E-state index in [1.54, 1.807) is 0 Å². The molecule has 2 unspecified atom stereocenters. The molecular formula is C15H18N2S. The Morgan fingerprint density at radius 1 is 1.28 bits per heavy atom. The van der Waals surface area contributed by atoms with E-state index in [1.807, 2.05) is 11.3 Å². The van der Waals surface area contributed by atoms with E-state index in [9.17, 15) is 0 Å². The van der Waals surface area contributed by atoms with Crippen LogP contribution in [0.15, 0.2) is 41.8 Å². The number of hydrogen-bond acceptors (Lipinski definition) is 3. The number of hydrazine groups is 1. The average Bonchev–Trinajstić information content (AvgIpc) is 2.88. The van der Waals surface area contributed by atoms with Gasteiger partial charge in [-0.3, -0.25) is 11.3 Å². The molecule has 0 spiro atoms. The quantitative estimate of drug-likeness (QED) is 0.639. The van der Waals surface area contributed by atoms with Gasteiger partial charge in [0.15, 0.2) is 0 Å². The Bertz CT molecular complexity index is 507. The van der Waals surface area contributed by atoms with E-state index in [1.165, 1.54) is 16.0 Å². The van der Waals surface area contributed by atoms with Crippen molar-refractivity contribution in [3.8, 4) is 0 Å². The Balaban J connectivity index is 1.64. The highest BCUT2D eigenvalue weighted by Gasteiger charge is 2.31. The van der Waals surface area contributed by atoms with Gasteiger partial charge in [-0.25, -0.2) is 0 Å². The first kappa shape index (κ1) is 11.9. The number of hydrogen-bond donors (Lipinski definition) is 2. The lowest BCUT2D eigenvalue weighted by atomic mass is 9.72. The van der Waals surface area contributed by atoms with E-state index in [0.717, 1.165) is 19.3 Å². The first-order valence-electron chi connectivity index (χ1n) is 6.45. The predicted octanol–water partition coefficient (Wildman–Crippen LogP) is 2.85. The van der Waals surface area contributed by atoms with Crippen LogP contribution >= 0.6 is 11.3 Å². The summed E-state index contributed by atoms with van der Waals surface area (Å²) in [7, 11) is 0. The zero-order valence-electron chi connectivity index (χ0n) is 10.3. The summed E-state index contributed by atoms with van der Waals surface area (Å²) in [4.78, 5) is 1.45. The molecular weight excluding hydrogens is 240 g/mol. The fourth-order valence-corrected chi connectivity index (χ4v) is 3.53. The molecule has 1 aromatic heterocycles. The standard InChI is InChI=1S/C15H18N2S/c16-17-15(8-7-12-5-3-9-18-12)14-10-11-4-1-2-6-13(11)14/h1-6,9,14-15,17H,7-8,10,16H2. The lowest BCUT2D eigenvalue weighted by Gasteiger charge is -2.36. The highest BCUT2D eigenvalue weighted by molar-refractivity contribution is 7.09. The summed E-state index contributed by atoms with van der Waals surface area (Å²) in [6.45, 7) is 0. The predicted molar refractivity (Wildman–Crippen MR) is 76.6 cm³/mol. The SMILES string of the molecule is NNC(CCc1cccs1)C1Cc2ccccc21. The second-order valence-corrected chi connectivity index (χ2v) is 5.93. The zero-order chi connectivity index (χ0) is 12.4. The maximum absolute atomic E-state index is 5.73. The van der Waals surface area contributed by atoms with Gasteiger partial charge in [-0.1, -0.05) is 30.3 Å². The van der Waals surface area contributed by atoms with Gasteiger partial charge in [-0.2, -0.15) is 0 Å². The van der Waals surface area contributed by atoms with Gasteiger partial charge < -0.3 is 0 Å². The van der Waals surface area contributed by atoms with Crippen molar-refractivity contribution in [2.24, 2.45) is 5.84 Å². The summed E-state index contributed by atoms with van der Waals surface area (Å²) in [6.07, 6.45) is 3.39. The third kappa shape index (κ3) is 2.21. The highest BCUT2D eigenvalue weighted by Crippen LogP contribution is 2.38. The molecule has 0 amide bonds. The summed E-state index contributed by atoms with van der Waals surface area (Å²) in [5.41, 5.74) is 5.98. The van der Waals surface area contributed by atoms with E-state index in [4.69, 9.17) is 5.84 Å².